The highest BCUT2D eigenvalue weighted by Crippen LogP contribution is 2.36. The summed E-state index contributed by atoms with van der Waals surface area (Å²) in [6.45, 7) is 3.49. The Bertz CT molecular complexity index is 423. The number of methoxy groups -OCH3 is 1. The fourth-order valence-corrected chi connectivity index (χ4v) is 3.16. The molecular formula is C15H23BrClNO2. The highest BCUT2D eigenvalue weighted by Gasteiger charge is 2.15. The minimum Gasteiger partial charge on any atom is -0.493 e. The van der Waals surface area contributed by atoms with E-state index in [1.165, 1.54) is 31.2 Å². The number of ether oxygens (including phenoxy) is 2. The van der Waals surface area contributed by atoms with Gasteiger partial charge in [-0.25, -0.2) is 0 Å². The summed E-state index contributed by atoms with van der Waals surface area (Å²) < 4.78 is 12.0. The Balaban J connectivity index is 0.00000200. The first-order valence-corrected chi connectivity index (χ1v) is 7.76. The Morgan fingerprint density at radius 3 is 2.60 bits per heavy atom. The van der Waals surface area contributed by atoms with Crippen molar-refractivity contribution in [2.75, 3.05) is 13.7 Å². The van der Waals surface area contributed by atoms with E-state index >= 15 is 0 Å². The van der Waals surface area contributed by atoms with E-state index in [1.54, 1.807) is 7.11 Å². The maximum absolute atomic E-state index is 5.60. The molecule has 1 aromatic carbocycles. The molecule has 1 fully saturated rings. The van der Waals surface area contributed by atoms with Gasteiger partial charge in [0.15, 0.2) is 11.5 Å². The van der Waals surface area contributed by atoms with Gasteiger partial charge in [-0.05, 0) is 53.4 Å². The monoisotopic (exact) mass is 363 g/mol. The van der Waals surface area contributed by atoms with Crippen LogP contribution < -0.4 is 14.8 Å². The minimum absolute atomic E-state index is 0. The maximum Gasteiger partial charge on any atom is 0.175 e. The Morgan fingerprint density at radius 1 is 1.30 bits per heavy atom. The lowest BCUT2D eigenvalue weighted by Crippen LogP contribution is -2.25. The van der Waals surface area contributed by atoms with Crippen molar-refractivity contribution >= 4 is 28.3 Å². The molecule has 0 aliphatic heterocycles. The van der Waals surface area contributed by atoms with Crippen molar-refractivity contribution in [3.05, 3.63) is 22.2 Å². The third kappa shape index (κ3) is 4.54. The van der Waals surface area contributed by atoms with Gasteiger partial charge in [0.25, 0.3) is 0 Å². The van der Waals surface area contributed by atoms with E-state index in [2.05, 4.69) is 33.4 Å². The molecule has 0 unspecified atom stereocenters. The lowest BCUT2D eigenvalue weighted by atomic mass is 10.1. The number of benzene rings is 1. The molecule has 20 heavy (non-hydrogen) atoms. The molecule has 1 N–H and O–H groups in total. The van der Waals surface area contributed by atoms with Gasteiger partial charge in [0.05, 0.1) is 18.2 Å². The van der Waals surface area contributed by atoms with Gasteiger partial charge >= 0.3 is 0 Å². The number of halogens is 2. The molecule has 1 saturated carbocycles. The third-order valence-electron chi connectivity index (χ3n) is 3.53. The lowest BCUT2D eigenvalue weighted by Gasteiger charge is -2.15. The third-order valence-corrected chi connectivity index (χ3v) is 4.12. The SMILES string of the molecule is CCOc1c(Br)cc(CNC2CCCC2)cc1OC.Cl. The van der Waals surface area contributed by atoms with Crippen LogP contribution in [0.1, 0.15) is 38.2 Å². The van der Waals surface area contributed by atoms with Crippen molar-refractivity contribution in [2.45, 2.75) is 45.2 Å². The van der Waals surface area contributed by atoms with Crippen LogP contribution in [0, 0.1) is 0 Å². The van der Waals surface area contributed by atoms with Crippen LogP contribution in [0.3, 0.4) is 0 Å². The second kappa shape index (κ2) is 8.75. The van der Waals surface area contributed by atoms with Crippen LogP contribution in [-0.2, 0) is 6.54 Å². The highest BCUT2D eigenvalue weighted by atomic mass is 79.9. The van der Waals surface area contributed by atoms with Crippen molar-refractivity contribution in [3.8, 4) is 11.5 Å². The quantitative estimate of drug-likeness (QED) is 0.816. The van der Waals surface area contributed by atoms with E-state index in [4.69, 9.17) is 9.47 Å². The number of hydrogen-bond acceptors (Lipinski definition) is 3. The van der Waals surface area contributed by atoms with Gasteiger partial charge < -0.3 is 14.8 Å². The van der Waals surface area contributed by atoms with E-state index in [1.807, 2.05) is 6.92 Å². The Kier molecular flexibility index (Phi) is 7.70. The largest absolute Gasteiger partial charge is 0.493 e. The lowest BCUT2D eigenvalue weighted by molar-refractivity contribution is 0.308. The second-order valence-electron chi connectivity index (χ2n) is 4.90. The fraction of sp³-hybridized carbons (Fsp3) is 0.600. The van der Waals surface area contributed by atoms with Gasteiger partial charge in [-0.2, -0.15) is 0 Å². The van der Waals surface area contributed by atoms with Crippen molar-refractivity contribution in [1.29, 1.82) is 0 Å². The first-order valence-electron chi connectivity index (χ1n) is 6.97. The summed E-state index contributed by atoms with van der Waals surface area (Å²) in [6.07, 6.45) is 5.31. The molecule has 1 aliphatic carbocycles. The van der Waals surface area contributed by atoms with Crippen molar-refractivity contribution in [1.82, 2.24) is 5.32 Å². The van der Waals surface area contributed by atoms with Crippen molar-refractivity contribution < 1.29 is 9.47 Å². The molecule has 5 heteroatoms. The van der Waals surface area contributed by atoms with E-state index < -0.39 is 0 Å². The summed E-state index contributed by atoms with van der Waals surface area (Å²) in [7, 11) is 1.68. The van der Waals surface area contributed by atoms with Gasteiger partial charge in [-0.1, -0.05) is 12.8 Å². The first kappa shape index (κ1) is 17.6. The molecule has 0 saturated heterocycles. The summed E-state index contributed by atoms with van der Waals surface area (Å²) >= 11 is 3.56. The molecule has 1 aliphatic rings. The van der Waals surface area contributed by atoms with Gasteiger partial charge in [0.1, 0.15) is 0 Å². The fourth-order valence-electron chi connectivity index (χ4n) is 2.55. The predicted molar refractivity (Wildman–Crippen MR) is 88.2 cm³/mol. The van der Waals surface area contributed by atoms with Gasteiger partial charge in [-0.15, -0.1) is 12.4 Å². The molecule has 2 rings (SSSR count). The summed E-state index contributed by atoms with van der Waals surface area (Å²) in [5, 5.41) is 3.61. The van der Waals surface area contributed by atoms with Crippen LogP contribution in [-0.4, -0.2) is 19.8 Å². The van der Waals surface area contributed by atoms with E-state index in [0.29, 0.717) is 12.6 Å². The van der Waals surface area contributed by atoms with Crippen molar-refractivity contribution in [2.24, 2.45) is 0 Å². The second-order valence-corrected chi connectivity index (χ2v) is 5.76. The zero-order chi connectivity index (χ0) is 13.7. The molecule has 0 amide bonds. The number of nitrogens with one attached hydrogen (secondary N) is 1. The Labute approximate surface area is 136 Å². The minimum atomic E-state index is 0. The molecule has 1 aromatic rings. The van der Waals surface area contributed by atoms with Crippen LogP contribution in [0.2, 0.25) is 0 Å². The van der Waals surface area contributed by atoms with Crippen molar-refractivity contribution in [3.63, 3.8) is 0 Å². The van der Waals surface area contributed by atoms with Crippen LogP contribution >= 0.6 is 28.3 Å². The molecule has 0 aromatic heterocycles. The molecule has 0 heterocycles. The van der Waals surface area contributed by atoms with Crippen LogP contribution in [0.15, 0.2) is 16.6 Å². The molecule has 0 radical (unpaired) electrons. The Morgan fingerprint density at radius 2 is 2.00 bits per heavy atom. The topological polar surface area (TPSA) is 30.5 Å². The Hall–Kier alpha value is -0.450. The summed E-state index contributed by atoms with van der Waals surface area (Å²) in [5.74, 6) is 1.58. The first-order chi connectivity index (χ1) is 9.24. The number of hydrogen-bond donors (Lipinski definition) is 1. The van der Waals surface area contributed by atoms with Gasteiger partial charge in [0, 0.05) is 12.6 Å². The zero-order valence-corrected chi connectivity index (χ0v) is 14.5. The number of rotatable bonds is 6. The van der Waals surface area contributed by atoms with E-state index in [-0.39, 0.29) is 12.4 Å². The highest BCUT2D eigenvalue weighted by molar-refractivity contribution is 9.10. The molecule has 0 spiro atoms. The summed E-state index contributed by atoms with van der Waals surface area (Å²) in [6, 6.07) is 4.84. The average molecular weight is 365 g/mol. The van der Waals surface area contributed by atoms with Gasteiger partial charge in [0.2, 0.25) is 0 Å². The van der Waals surface area contributed by atoms with Crippen LogP contribution in [0.5, 0.6) is 11.5 Å². The van der Waals surface area contributed by atoms with Crippen LogP contribution in [0.25, 0.3) is 0 Å². The van der Waals surface area contributed by atoms with E-state index in [9.17, 15) is 0 Å². The smallest absolute Gasteiger partial charge is 0.175 e. The molecule has 0 bridgehead atoms. The molecule has 0 atom stereocenters. The standard InChI is InChI=1S/C15H22BrNO2.ClH/c1-3-19-15-13(16)8-11(9-14(15)18-2)10-17-12-6-4-5-7-12;/h8-9,12,17H,3-7,10H2,1-2H3;1H. The van der Waals surface area contributed by atoms with E-state index in [0.717, 1.165) is 22.5 Å². The zero-order valence-electron chi connectivity index (χ0n) is 12.1. The maximum atomic E-state index is 5.60. The summed E-state index contributed by atoms with van der Waals surface area (Å²) in [4.78, 5) is 0. The predicted octanol–water partition coefficient (Wildman–Crippen LogP) is 4.31. The normalized spacial score (nSPS) is 14.9. The van der Waals surface area contributed by atoms with Gasteiger partial charge in [-0.3, -0.25) is 0 Å². The van der Waals surface area contributed by atoms with Crippen LogP contribution in [0.4, 0.5) is 0 Å². The molecule has 3 nitrogen and oxygen atoms in total. The summed E-state index contributed by atoms with van der Waals surface area (Å²) in [5.41, 5.74) is 1.22. The average Bonchev–Trinajstić information content (AvgIpc) is 2.92. The molecule has 114 valence electrons. The molecular weight excluding hydrogens is 342 g/mol.